The summed E-state index contributed by atoms with van der Waals surface area (Å²) in [5.41, 5.74) is 1.52. The van der Waals surface area contributed by atoms with Crippen molar-refractivity contribution in [3.05, 3.63) is 53.4 Å². The number of nitrogens with zero attached hydrogens (tertiary/aromatic N) is 2. The molecule has 0 radical (unpaired) electrons. The van der Waals surface area contributed by atoms with Crippen LogP contribution in [0.25, 0.3) is 5.65 Å². The Labute approximate surface area is 137 Å². The number of carbonyl (C=O) groups is 1. The van der Waals surface area contributed by atoms with Gasteiger partial charge in [0.05, 0.1) is 19.2 Å². The fourth-order valence-corrected chi connectivity index (χ4v) is 2.35. The molecule has 0 aliphatic heterocycles. The Hall–Kier alpha value is -2.73. The minimum absolute atomic E-state index is 0.294. The van der Waals surface area contributed by atoms with Crippen LogP contribution in [0.1, 0.15) is 10.5 Å². The Balaban J connectivity index is 1.85. The lowest BCUT2D eigenvalue weighted by Gasteiger charge is -2.09. The van der Waals surface area contributed by atoms with Crippen LogP contribution in [-0.4, -0.2) is 29.5 Å². The van der Waals surface area contributed by atoms with E-state index in [1.54, 1.807) is 54.2 Å². The van der Waals surface area contributed by atoms with E-state index in [4.69, 9.17) is 21.1 Å². The van der Waals surface area contributed by atoms with Crippen molar-refractivity contribution >= 4 is 28.8 Å². The van der Waals surface area contributed by atoms with Crippen molar-refractivity contribution in [2.24, 2.45) is 0 Å². The summed E-state index contributed by atoms with van der Waals surface area (Å²) < 4.78 is 12.1. The lowest BCUT2D eigenvalue weighted by molar-refractivity contribution is 0.102. The maximum absolute atomic E-state index is 12.3. The molecule has 6 nitrogen and oxygen atoms in total. The maximum Gasteiger partial charge on any atom is 0.275 e. The Morgan fingerprint density at radius 3 is 2.65 bits per heavy atom. The SMILES string of the molecule is COc1ccc(NC(=O)c2cn3cc(Cl)ccc3n2)cc1OC. The number of fused-ring (bicyclic) bond motifs is 1. The molecule has 1 aromatic carbocycles. The van der Waals surface area contributed by atoms with E-state index in [0.29, 0.717) is 33.6 Å². The van der Waals surface area contributed by atoms with E-state index < -0.39 is 0 Å². The molecule has 1 N–H and O–H groups in total. The van der Waals surface area contributed by atoms with Gasteiger partial charge < -0.3 is 19.2 Å². The number of hydrogen-bond acceptors (Lipinski definition) is 4. The van der Waals surface area contributed by atoms with Gasteiger partial charge in [0, 0.05) is 24.1 Å². The van der Waals surface area contributed by atoms with E-state index in [1.807, 2.05) is 0 Å². The summed E-state index contributed by atoms with van der Waals surface area (Å²) in [4.78, 5) is 16.6. The minimum atomic E-state index is -0.322. The summed E-state index contributed by atoms with van der Waals surface area (Å²) in [7, 11) is 3.09. The summed E-state index contributed by atoms with van der Waals surface area (Å²) in [5.74, 6) is 0.803. The van der Waals surface area contributed by atoms with Crippen LogP contribution in [0.3, 0.4) is 0 Å². The van der Waals surface area contributed by atoms with E-state index in [2.05, 4.69) is 10.3 Å². The zero-order chi connectivity index (χ0) is 16.4. The van der Waals surface area contributed by atoms with Crippen LogP contribution in [-0.2, 0) is 0 Å². The Bertz CT molecular complexity index is 876. The second-order valence-corrected chi connectivity index (χ2v) is 5.20. The minimum Gasteiger partial charge on any atom is -0.493 e. The van der Waals surface area contributed by atoms with Gasteiger partial charge >= 0.3 is 0 Å². The zero-order valence-electron chi connectivity index (χ0n) is 12.5. The standard InChI is InChI=1S/C16H14ClN3O3/c1-22-13-5-4-11(7-14(13)23-2)18-16(21)12-9-20-8-10(17)3-6-15(20)19-12/h3-9H,1-2H3,(H,18,21). The molecule has 0 aliphatic rings. The van der Waals surface area contributed by atoms with E-state index in [0.717, 1.165) is 0 Å². The molecule has 118 valence electrons. The van der Waals surface area contributed by atoms with Gasteiger partial charge in [-0.3, -0.25) is 4.79 Å². The number of amides is 1. The maximum atomic E-state index is 12.3. The topological polar surface area (TPSA) is 64.9 Å². The highest BCUT2D eigenvalue weighted by molar-refractivity contribution is 6.30. The van der Waals surface area contributed by atoms with Crippen LogP contribution in [0, 0.1) is 0 Å². The number of imidazole rings is 1. The number of ether oxygens (including phenoxy) is 2. The monoisotopic (exact) mass is 331 g/mol. The van der Waals surface area contributed by atoms with Gasteiger partial charge in [-0.15, -0.1) is 0 Å². The number of aromatic nitrogens is 2. The van der Waals surface area contributed by atoms with Gasteiger partial charge in [0.2, 0.25) is 0 Å². The van der Waals surface area contributed by atoms with Crippen LogP contribution in [0.4, 0.5) is 5.69 Å². The molecule has 0 saturated carbocycles. The molecular formula is C16H14ClN3O3. The molecule has 1 amide bonds. The third-order valence-corrected chi connectivity index (χ3v) is 3.51. The Kier molecular flexibility index (Phi) is 4.08. The summed E-state index contributed by atoms with van der Waals surface area (Å²) >= 11 is 5.92. The molecular weight excluding hydrogens is 318 g/mol. The number of methoxy groups -OCH3 is 2. The van der Waals surface area contributed by atoms with Gasteiger partial charge in [-0.2, -0.15) is 0 Å². The van der Waals surface area contributed by atoms with Gasteiger partial charge in [0.15, 0.2) is 11.5 Å². The summed E-state index contributed by atoms with van der Waals surface area (Å²) in [6.45, 7) is 0. The van der Waals surface area contributed by atoms with E-state index in [1.165, 1.54) is 7.11 Å². The van der Waals surface area contributed by atoms with E-state index in [9.17, 15) is 4.79 Å². The molecule has 0 fully saturated rings. The van der Waals surface area contributed by atoms with Gasteiger partial charge in [0.1, 0.15) is 11.3 Å². The second-order valence-electron chi connectivity index (χ2n) is 4.76. The third-order valence-electron chi connectivity index (χ3n) is 3.29. The van der Waals surface area contributed by atoms with Crippen molar-refractivity contribution in [3.63, 3.8) is 0 Å². The average molecular weight is 332 g/mol. The lowest BCUT2D eigenvalue weighted by Crippen LogP contribution is -2.12. The number of anilines is 1. The number of rotatable bonds is 4. The van der Waals surface area contributed by atoms with Crippen molar-refractivity contribution in [2.45, 2.75) is 0 Å². The molecule has 0 unspecified atom stereocenters. The highest BCUT2D eigenvalue weighted by Crippen LogP contribution is 2.29. The number of halogens is 1. The zero-order valence-corrected chi connectivity index (χ0v) is 13.3. The lowest BCUT2D eigenvalue weighted by atomic mass is 10.2. The predicted octanol–water partition coefficient (Wildman–Crippen LogP) is 3.26. The summed E-state index contributed by atoms with van der Waals surface area (Å²) in [6, 6.07) is 8.60. The van der Waals surface area contributed by atoms with Gasteiger partial charge in [-0.25, -0.2) is 4.98 Å². The highest BCUT2D eigenvalue weighted by atomic mass is 35.5. The second kappa shape index (κ2) is 6.18. The predicted molar refractivity (Wildman–Crippen MR) is 87.7 cm³/mol. The van der Waals surface area contributed by atoms with Crippen molar-refractivity contribution in [2.75, 3.05) is 19.5 Å². The molecule has 7 heteroatoms. The number of carbonyl (C=O) groups excluding carboxylic acids is 1. The molecule has 3 rings (SSSR count). The molecule has 0 aliphatic carbocycles. The first-order chi connectivity index (χ1) is 11.1. The van der Waals surface area contributed by atoms with Crippen molar-refractivity contribution in [3.8, 4) is 11.5 Å². The van der Waals surface area contributed by atoms with Gasteiger partial charge in [-0.1, -0.05) is 11.6 Å². The van der Waals surface area contributed by atoms with Gasteiger partial charge in [0.25, 0.3) is 5.91 Å². The molecule has 0 bridgehead atoms. The highest BCUT2D eigenvalue weighted by Gasteiger charge is 2.13. The first kappa shape index (κ1) is 15.2. The first-order valence-corrected chi connectivity index (χ1v) is 7.16. The van der Waals surface area contributed by atoms with E-state index in [-0.39, 0.29) is 5.91 Å². The van der Waals surface area contributed by atoms with Crippen LogP contribution in [0.2, 0.25) is 5.02 Å². The molecule has 0 saturated heterocycles. The Morgan fingerprint density at radius 2 is 1.91 bits per heavy atom. The van der Waals surface area contributed by atoms with Crippen LogP contribution in [0.15, 0.2) is 42.7 Å². The first-order valence-electron chi connectivity index (χ1n) is 6.78. The van der Waals surface area contributed by atoms with Crippen molar-refractivity contribution in [1.29, 1.82) is 0 Å². The molecule has 0 spiro atoms. The number of benzene rings is 1. The van der Waals surface area contributed by atoms with Crippen LogP contribution in [0.5, 0.6) is 11.5 Å². The molecule has 2 aromatic heterocycles. The number of hydrogen-bond donors (Lipinski definition) is 1. The van der Waals surface area contributed by atoms with Crippen LogP contribution >= 0.6 is 11.6 Å². The smallest absolute Gasteiger partial charge is 0.275 e. The third kappa shape index (κ3) is 3.07. The molecule has 3 aromatic rings. The number of nitrogens with one attached hydrogen (secondary N) is 1. The summed E-state index contributed by atoms with van der Waals surface area (Å²) in [6.07, 6.45) is 3.31. The molecule has 2 heterocycles. The molecule has 0 atom stereocenters. The quantitative estimate of drug-likeness (QED) is 0.797. The fourth-order valence-electron chi connectivity index (χ4n) is 2.18. The fraction of sp³-hybridized carbons (Fsp3) is 0.125. The largest absolute Gasteiger partial charge is 0.493 e. The van der Waals surface area contributed by atoms with Crippen LogP contribution < -0.4 is 14.8 Å². The van der Waals surface area contributed by atoms with Crippen molar-refractivity contribution < 1.29 is 14.3 Å². The Morgan fingerprint density at radius 1 is 1.13 bits per heavy atom. The van der Waals surface area contributed by atoms with Crippen molar-refractivity contribution in [1.82, 2.24) is 9.38 Å². The average Bonchev–Trinajstić information content (AvgIpc) is 2.97. The van der Waals surface area contributed by atoms with Gasteiger partial charge in [-0.05, 0) is 24.3 Å². The summed E-state index contributed by atoms with van der Waals surface area (Å²) in [5, 5.41) is 3.35. The normalized spacial score (nSPS) is 10.6. The van der Waals surface area contributed by atoms with E-state index >= 15 is 0 Å². The number of pyridine rings is 1. The molecule has 23 heavy (non-hydrogen) atoms.